The molecule has 1 heterocycles. The summed E-state index contributed by atoms with van der Waals surface area (Å²) in [5.41, 5.74) is 4.69. The molecule has 0 unspecified atom stereocenters. The molecule has 0 aliphatic rings. The number of nitriles is 1. The Bertz CT molecular complexity index is 649. The van der Waals surface area contributed by atoms with E-state index >= 15 is 0 Å². The van der Waals surface area contributed by atoms with Crippen molar-refractivity contribution < 1.29 is 0 Å². The van der Waals surface area contributed by atoms with Gasteiger partial charge in [0.15, 0.2) is 0 Å². The Morgan fingerprint density at radius 2 is 1.80 bits per heavy atom. The van der Waals surface area contributed by atoms with E-state index in [1.54, 1.807) is 0 Å². The first kappa shape index (κ1) is 14.1. The Morgan fingerprint density at radius 1 is 1.15 bits per heavy atom. The molecule has 0 bridgehead atoms. The van der Waals surface area contributed by atoms with Crippen molar-refractivity contribution in [3.05, 3.63) is 52.7 Å². The number of hydrogen-bond donors (Lipinski definition) is 1. The van der Waals surface area contributed by atoms with Crippen LogP contribution >= 0.6 is 0 Å². The molecule has 0 aliphatic heterocycles. The molecule has 0 aliphatic carbocycles. The van der Waals surface area contributed by atoms with Gasteiger partial charge in [0.2, 0.25) is 0 Å². The second-order valence-electron chi connectivity index (χ2n) is 5.32. The SMILES string of the molecule is Cc1cc(C)c(C#N)c(Nc2ccc(C(C)C)cc2)n1. The molecular weight excluding hydrogens is 246 g/mol. The molecule has 0 saturated heterocycles. The standard InChI is InChI=1S/C17H19N3/c1-11(2)14-5-7-15(8-6-14)20-17-16(10-18)12(3)9-13(4)19-17/h5-9,11H,1-4H3,(H,19,20). The first-order valence-corrected chi connectivity index (χ1v) is 6.76. The van der Waals surface area contributed by atoms with Crippen LogP contribution in [-0.2, 0) is 0 Å². The molecular formula is C17H19N3. The van der Waals surface area contributed by atoms with Crippen molar-refractivity contribution in [3.63, 3.8) is 0 Å². The van der Waals surface area contributed by atoms with Crippen LogP contribution in [0.5, 0.6) is 0 Å². The van der Waals surface area contributed by atoms with Crippen LogP contribution in [0, 0.1) is 25.2 Å². The summed E-state index contributed by atoms with van der Waals surface area (Å²) in [6.45, 7) is 8.20. The van der Waals surface area contributed by atoms with Crippen molar-refractivity contribution in [1.82, 2.24) is 4.98 Å². The molecule has 0 atom stereocenters. The van der Waals surface area contributed by atoms with Crippen LogP contribution in [-0.4, -0.2) is 4.98 Å². The maximum absolute atomic E-state index is 9.26. The molecule has 0 spiro atoms. The van der Waals surface area contributed by atoms with Gasteiger partial charge in [-0.3, -0.25) is 0 Å². The highest BCUT2D eigenvalue weighted by Gasteiger charge is 2.09. The number of rotatable bonds is 3. The highest BCUT2D eigenvalue weighted by molar-refractivity contribution is 5.65. The van der Waals surface area contributed by atoms with Crippen molar-refractivity contribution in [3.8, 4) is 6.07 Å². The average Bonchev–Trinajstić information content (AvgIpc) is 2.39. The molecule has 102 valence electrons. The van der Waals surface area contributed by atoms with E-state index in [2.05, 4.69) is 42.4 Å². The lowest BCUT2D eigenvalue weighted by Gasteiger charge is -2.11. The van der Waals surface area contributed by atoms with Crippen LogP contribution in [0.2, 0.25) is 0 Å². The number of anilines is 2. The molecule has 20 heavy (non-hydrogen) atoms. The minimum absolute atomic E-state index is 0.512. The molecule has 0 radical (unpaired) electrons. The van der Waals surface area contributed by atoms with E-state index in [-0.39, 0.29) is 0 Å². The van der Waals surface area contributed by atoms with E-state index in [9.17, 15) is 5.26 Å². The van der Waals surface area contributed by atoms with Crippen molar-refractivity contribution in [2.45, 2.75) is 33.6 Å². The minimum atomic E-state index is 0.512. The number of nitrogens with zero attached hydrogens (tertiary/aromatic N) is 2. The summed E-state index contributed by atoms with van der Waals surface area (Å²) >= 11 is 0. The Morgan fingerprint density at radius 3 is 2.35 bits per heavy atom. The van der Waals surface area contributed by atoms with E-state index in [1.807, 2.05) is 32.0 Å². The quantitative estimate of drug-likeness (QED) is 0.892. The largest absolute Gasteiger partial charge is 0.339 e. The predicted octanol–water partition coefficient (Wildman–Crippen LogP) is 4.44. The van der Waals surface area contributed by atoms with Crippen molar-refractivity contribution in [2.75, 3.05) is 5.32 Å². The number of aryl methyl sites for hydroxylation is 2. The summed E-state index contributed by atoms with van der Waals surface area (Å²) in [7, 11) is 0. The number of benzene rings is 1. The normalized spacial score (nSPS) is 10.4. The third-order valence-corrected chi connectivity index (χ3v) is 3.30. The molecule has 1 N–H and O–H groups in total. The van der Waals surface area contributed by atoms with Crippen molar-refractivity contribution in [1.29, 1.82) is 5.26 Å². The van der Waals surface area contributed by atoms with Gasteiger partial charge in [0, 0.05) is 11.4 Å². The summed E-state index contributed by atoms with van der Waals surface area (Å²) in [5.74, 6) is 1.14. The highest BCUT2D eigenvalue weighted by Crippen LogP contribution is 2.23. The third kappa shape index (κ3) is 2.97. The minimum Gasteiger partial charge on any atom is -0.339 e. The molecule has 1 aromatic heterocycles. The van der Waals surface area contributed by atoms with Crippen LogP contribution in [0.15, 0.2) is 30.3 Å². The highest BCUT2D eigenvalue weighted by atomic mass is 15.0. The Balaban J connectivity index is 2.33. The summed E-state index contributed by atoms with van der Waals surface area (Å²) < 4.78 is 0. The fourth-order valence-electron chi connectivity index (χ4n) is 2.16. The number of hydrogen-bond acceptors (Lipinski definition) is 3. The van der Waals surface area contributed by atoms with Crippen LogP contribution in [0.1, 0.15) is 42.1 Å². The average molecular weight is 265 g/mol. The van der Waals surface area contributed by atoms with Crippen molar-refractivity contribution in [2.24, 2.45) is 0 Å². The number of nitrogens with one attached hydrogen (secondary N) is 1. The van der Waals surface area contributed by atoms with Crippen LogP contribution in [0.3, 0.4) is 0 Å². The zero-order valence-electron chi connectivity index (χ0n) is 12.4. The Kier molecular flexibility index (Phi) is 4.05. The second kappa shape index (κ2) is 5.75. The van der Waals surface area contributed by atoms with Gasteiger partial charge in [0.25, 0.3) is 0 Å². The van der Waals surface area contributed by atoms with Crippen LogP contribution in [0.25, 0.3) is 0 Å². The van der Waals surface area contributed by atoms with E-state index in [0.717, 1.165) is 16.9 Å². The fourth-order valence-corrected chi connectivity index (χ4v) is 2.16. The number of pyridine rings is 1. The molecule has 0 amide bonds. The summed E-state index contributed by atoms with van der Waals surface area (Å²) in [4.78, 5) is 4.42. The van der Waals surface area contributed by atoms with Crippen LogP contribution in [0.4, 0.5) is 11.5 Å². The lowest BCUT2D eigenvalue weighted by molar-refractivity contribution is 0.867. The van der Waals surface area contributed by atoms with Gasteiger partial charge in [-0.2, -0.15) is 5.26 Å². The zero-order chi connectivity index (χ0) is 14.7. The number of aromatic nitrogens is 1. The van der Waals surface area contributed by atoms with Gasteiger partial charge >= 0.3 is 0 Å². The Hall–Kier alpha value is -2.34. The summed E-state index contributed by atoms with van der Waals surface area (Å²) in [5, 5.41) is 12.5. The molecule has 1 aromatic carbocycles. The van der Waals surface area contributed by atoms with Gasteiger partial charge in [0.1, 0.15) is 11.9 Å². The van der Waals surface area contributed by atoms with Crippen molar-refractivity contribution >= 4 is 11.5 Å². The third-order valence-electron chi connectivity index (χ3n) is 3.30. The molecule has 3 heteroatoms. The maximum Gasteiger partial charge on any atom is 0.148 e. The molecule has 2 aromatic rings. The molecule has 3 nitrogen and oxygen atoms in total. The first-order valence-electron chi connectivity index (χ1n) is 6.76. The second-order valence-corrected chi connectivity index (χ2v) is 5.32. The van der Waals surface area contributed by atoms with E-state index in [1.165, 1.54) is 5.56 Å². The molecule has 0 fully saturated rings. The lowest BCUT2D eigenvalue weighted by Crippen LogP contribution is -2.01. The van der Waals surface area contributed by atoms with E-state index in [4.69, 9.17) is 0 Å². The first-order chi connectivity index (χ1) is 9.51. The van der Waals surface area contributed by atoms with Gasteiger partial charge in [-0.1, -0.05) is 26.0 Å². The molecule has 2 rings (SSSR count). The monoisotopic (exact) mass is 265 g/mol. The van der Waals surface area contributed by atoms with E-state index < -0.39 is 0 Å². The van der Waals surface area contributed by atoms with Gasteiger partial charge in [-0.25, -0.2) is 4.98 Å². The summed E-state index contributed by atoms with van der Waals surface area (Å²) in [6, 6.07) is 12.4. The zero-order valence-corrected chi connectivity index (χ0v) is 12.4. The van der Waals surface area contributed by atoms with Gasteiger partial charge in [-0.15, -0.1) is 0 Å². The van der Waals surface area contributed by atoms with Crippen LogP contribution < -0.4 is 5.32 Å². The van der Waals surface area contributed by atoms with Gasteiger partial charge < -0.3 is 5.32 Å². The predicted molar refractivity (Wildman–Crippen MR) is 82.2 cm³/mol. The fraction of sp³-hybridized carbons (Fsp3) is 0.294. The summed E-state index contributed by atoms with van der Waals surface area (Å²) in [6.07, 6.45) is 0. The Labute approximate surface area is 120 Å². The van der Waals surface area contributed by atoms with Gasteiger partial charge in [0.05, 0.1) is 5.56 Å². The smallest absolute Gasteiger partial charge is 0.148 e. The molecule has 0 saturated carbocycles. The topological polar surface area (TPSA) is 48.7 Å². The lowest BCUT2D eigenvalue weighted by atomic mass is 10.0. The van der Waals surface area contributed by atoms with E-state index in [0.29, 0.717) is 17.3 Å². The maximum atomic E-state index is 9.26. The van der Waals surface area contributed by atoms with Gasteiger partial charge in [-0.05, 0) is 49.1 Å².